The third-order valence-electron chi connectivity index (χ3n) is 3.71. The first-order valence-electron chi connectivity index (χ1n) is 6.20. The Balaban J connectivity index is 1.76. The van der Waals surface area contributed by atoms with Crippen molar-refractivity contribution >= 4 is 5.78 Å². The Morgan fingerprint density at radius 2 is 2.27 bits per heavy atom. The zero-order chi connectivity index (χ0) is 10.7. The molecular formula is C12H22N2O. The number of rotatable bonds is 3. The van der Waals surface area contributed by atoms with E-state index in [9.17, 15) is 4.79 Å². The smallest absolute Gasteiger partial charge is 0.138 e. The molecule has 3 heteroatoms. The first kappa shape index (κ1) is 11.1. The maximum Gasteiger partial charge on any atom is 0.138 e. The van der Waals surface area contributed by atoms with Gasteiger partial charge in [-0.15, -0.1) is 0 Å². The van der Waals surface area contributed by atoms with E-state index in [2.05, 4.69) is 17.3 Å². The molecule has 2 fully saturated rings. The fraction of sp³-hybridized carbons (Fsp3) is 0.917. The second kappa shape index (κ2) is 5.08. The Morgan fingerprint density at radius 1 is 1.40 bits per heavy atom. The number of nitrogens with one attached hydrogen (secondary N) is 1. The van der Waals surface area contributed by atoms with Crippen LogP contribution in [0.25, 0.3) is 0 Å². The average molecular weight is 210 g/mol. The summed E-state index contributed by atoms with van der Waals surface area (Å²) in [5.74, 6) is 0.803. The largest absolute Gasteiger partial charge is 0.314 e. The van der Waals surface area contributed by atoms with Crippen LogP contribution in [-0.2, 0) is 4.79 Å². The molecule has 0 spiro atoms. The highest BCUT2D eigenvalue weighted by Crippen LogP contribution is 2.19. The van der Waals surface area contributed by atoms with Crippen molar-refractivity contribution < 1.29 is 4.79 Å². The van der Waals surface area contributed by atoms with Crippen LogP contribution in [0, 0.1) is 5.92 Å². The fourth-order valence-corrected chi connectivity index (χ4v) is 2.71. The minimum Gasteiger partial charge on any atom is -0.314 e. The maximum absolute atomic E-state index is 12.0. The number of carbonyl (C=O) groups excluding carboxylic acids is 1. The summed E-state index contributed by atoms with van der Waals surface area (Å²) in [5, 5.41) is 3.45. The number of Topliss-reactive ketones (excluding diaryl/α,β-unsaturated/α-hetero) is 1. The lowest BCUT2D eigenvalue weighted by Crippen LogP contribution is -2.37. The second-order valence-corrected chi connectivity index (χ2v) is 5.07. The van der Waals surface area contributed by atoms with Crippen molar-refractivity contribution in [2.75, 3.05) is 26.7 Å². The van der Waals surface area contributed by atoms with E-state index < -0.39 is 0 Å². The average Bonchev–Trinajstić information content (AvgIpc) is 2.66. The molecule has 2 atom stereocenters. The molecule has 0 aromatic carbocycles. The van der Waals surface area contributed by atoms with Gasteiger partial charge in [0.05, 0.1) is 0 Å². The van der Waals surface area contributed by atoms with Gasteiger partial charge in [-0.3, -0.25) is 4.79 Å². The molecule has 86 valence electrons. The maximum atomic E-state index is 12.0. The molecule has 0 aromatic rings. The minimum absolute atomic E-state index is 0.318. The van der Waals surface area contributed by atoms with Gasteiger partial charge < -0.3 is 10.2 Å². The normalized spacial score (nSPS) is 33.1. The van der Waals surface area contributed by atoms with Crippen LogP contribution >= 0.6 is 0 Å². The van der Waals surface area contributed by atoms with E-state index in [1.165, 1.54) is 19.3 Å². The predicted molar refractivity (Wildman–Crippen MR) is 60.9 cm³/mol. The molecular weight excluding hydrogens is 188 g/mol. The van der Waals surface area contributed by atoms with Crippen molar-refractivity contribution in [2.24, 2.45) is 5.92 Å². The van der Waals surface area contributed by atoms with Gasteiger partial charge in [-0.05, 0) is 39.4 Å². The fourth-order valence-electron chi connectivity index (χ4n) is 2.71. The first-order chi connectivity index (χ1) is 7.25. The third-order valence-corrected chi connectivity index (χ3v) is 3.71. The molecule has 0 aliphatic carbocycles. The number of hydrogen-bond donors (Lipinski definition) is 1. The molecule has 3 nitrogen and oxygen atoms in total. The van der Waals surface area contributed by atoms with Gasteiger partial charge >= 0.3 is 0 Å². The highest BCUT2D eigenvalue weighted by atomic mass is 16.1. The quantitative estimate of drug-likeness (QED) is 0.755. The molecule has 0 aromatic heterocycles. The van der Waals surface area contributed by atoms with Crippen LogP contribution in [0.2, 0.25) is 0 Å². The molecule has 2 aliphatic heterocycles. The number of carbonyl (C=O) groups is 1. The van der Waals surface area contributed by atoms with Gasteiger partial charge in [-0.25, -0.2) is 0 Å². The molecule has 2 saturated heterocycles. The van der Waals surface area contributed by atoms with E-state index in [0.29, 0.717) is 17.7 Å². The van der Waals surface area contributed by atoms with E-state index in [1.807, 2.05) is 0 Å². The van der Waals surface area contributed by atoms with Gasteiger partial charge in [0, 0.05) is 24.9 Å². The summed E-state index contributed by atoms with van der Waals surface area (Å²) in [6.45, 7) is 3.17. The highest BCUT2D eigenvalue weighted by molar-refractivity contribution is 5.82. The van der Waals surface area contributed by atoms with Crippen molar-refractivity contribution in [2.45, 2.75) is 38.1 Å². The first-order valence-corrected chi connectivity index (χ1v) is 6.20. The van der Waals surface area contributed by atoms with Crippen molar-refractivity contribution in [1.29, 1.82) is 0 Å². The molecule has 2 aliphatic rings. The minimum atomic E-state index is 0.318. The van der Waals surface area contributed by atoms with Crippen LogP contribution in [0.5, 0.6) is 0 Å². The number of nitrogens with zero attached hydrogens (tertiary/aromatic N) is 1. The summed E-state index contributed by atoms with van der Waals surface area (Å²) in [7, 11) is 2.10. The summed E-state index contributed by atoms with van der Waals surface area (Å²) < 4.78 is 0. The highest BCUT2D eigenvalue weighted by Gasteiger charge is 2.27. The van der Waals surface area contributed by atoms with Gasteiger partial charge in [0.1, 0.15) is 5.78 Å². The lowest BCUT2D eigenvalue weighted by molar-refractivity contribution is -0.123. The van der Waals surface area contributed by atoms with Crippen LogP contribution < -0.4 is 5.32 Å². The molecule has 2 unspecified atom stereocenters. The molecule has 1 N–H and O–H groups in total. The zero-order valence-electron chi connectivity index (χ0n) is 9.67. The van der Waals surface area contributed by atoms with E-state index >= 15 is 0 Å². The number of hydrogen-bond acceptors (Lipinski definition) is 3. The summed E-state index contributed by atoms with van der Waals surface area (Å²) in [6.07, 6.45) is 5.58. The van der Waals surface area contributed by atoms with Crippen LogP contribution in [-0.4, -0.2) is 43.4 Å². The molecule has 15 heavy (non-hydrogen) atoms. The summed E-state index contributed by atoms with van der Waals surface area (Å²) >= 11 is 0. The van der Waals surface area contributed by atoms with Crippen molar-refractivity contribution in [3.05, 3.63) is 0 Å². The van der Waals surface area contributed by atoms with Crippen molar-refractivity contribution in [3.63, 3.8) is 0 Å². The SMILES string of the molecule is CN1CCC(C(=O)CC2CCCCN2)C1. The summed E-state index contributed by atoms with van der Waals surface area (Å²) in [5.41, 5.74) is 0. The predicted octanol–water partition coefficient (Wildman–Crippen LogP) is 1.04. The summed E-state index contributed by atoms with van der Waals surface area (Å²) in [6, 6.07) is 0.470. The number of likely N-dealkylation sites (tertiary alicyclic amines) is 1. The van der Waals surface area contributed by atoms with Crippen LogP contribution in [0.1, 0.15) is 32.1 Å². The molecule has 2 rings (SSSR count). The lowest BCUT2D eigenvalue weighted by Gasteiger charge is -2.23. The van der Waals surface area contributed by atoms with Crippen LogP contribution in [0.4, 0.5) is 0 Å². The number of piperidine rings is 1. The molecule has 0 bridgehead atoms. The third kappa shape index (κ3) is 3.02. The Labute approximate surface area is 92.2 Å². The van der Waals surface area contributed by atoms with E-state index in [4.69, 9.17) is 0 Å². The Morgan fingerprint density at radius 3 is 2.87 bits per heavy atom. The van der Waals surface area contributed by atoms with Gasteiger partial charge in [0.2, 0.25) is 0 Å². The monoisotopic (exact) mass is 210 g/mol. The molecule has 2 heterocycles. The van der Waals surface area contributed by atoms with Crippen LogP contribution in [0.3, 0.4) is 0 Å². The van der Waals surface area contributed by atoms with E-state index in [0.717, 1.165) is 32.5 Å². The standard InChI is InChI=1S/C12H22N2O/c1-14-7-5-10(9-14)12(15)8-11-4-2-3-6-13-11/h10-11,13H,2-9H2,1H3. The van der Waals surface area contributed by atoms with Crippen molar-refractivity contribution in [1.82, 2.24) is 10.2 Å². The lowest BCUT2D eigenvalue weighted by atomic mass is 9.93. The van der Waals surface area contributed by atoms with Gasteiger partial charge in [-0.2, -0.15) is 0 Å². The van der Waals surface area contributed by atoms with Gasteiger partial charge in [0.25, 0.3) is 0 Å². The molecule has 0 saturated carbocycles. The van der Waals surface area contributed by atoms with Gasteiger partial charge in [0.15, 0.2) is 0 Å². The number of ketones is 1. The van der Waals surface area contributed by atoms with E-state index in [1.54, 1.807) is 0 Å². The topological polar surface area (TPSA) is 32.3 Å². The Kier molecular flexibility index (Phi) is 3.76. The van der Waals surface area contributed by atoms with Crippen molar-refractivity contribution in [3.8, 4) is 0 Å². The Bertz CT molecular complexity index is 224. The Hall–Kier alpha value is -0.410. The van der Waals surface area contributed by atoms with Crippen LogP contribution in [0.15, 0.2) is 0 Å². The second-order valence-electron chi connectivity index (χ2n) is 5.07. The summed E-state index contributed by atoms with van der Waals surface area (Å²) in [4.78, 5) is 14.3. The van der Waals surface area contributed by atoms with E-state index in [-0.39, 0.29) is 0 Å². The zero-order valence-corrected chi connectivity index (χ0v) is 9.67. The molecule has 0 amide bonds. The molecule has 0 radical (unpaired) electrons. The van der Waals surface area contributed by atoms with Gasteiger partial charge in [-0.1, -0.05) is 6.42 Å².